The zero-order valence-electron chi connectivity index (χ0n) is 19.5. The summed E-state index contributed by atoms with van der Waals surface area (Å²) in [7, 11) is 0. The van der Waals surface area contributed by atoms with E-state index in [1.165, 1.54) is 31.3 Å². The molecule has 2 unspecified atom stereocenters. The third-order valence-electron chi connectivity index (χ3n) is 8.38. The summed E-state index contributed by atoms with van der Waals surface area (Å²) in [6, 6.07) is 0. The fraction of sp³-hybridized carbons (Fsp3) is 0.778. The van der Waals surface area contributed by atoms with Crippen LogP contribution in [0.5, 0.6) is 0 Å². The van der Waals surface area contributed by atoms with E-state index in [0.717, 1.165) is 24.8 Å². The first-order chi connectivity index (χ1) is 14.0. The molecule has 0 aliphatic heterocycles. The molecule has 3 aliphatic carbocycles. The number of alkyl halides is 2. The van der Waals surface area contributed by atoms with Crippen molar-refractivity contribution >= 4 is 0 Å². The van der Waals surface area contributed by atoms with Gasteiger partial charge in [-0.05, 0) is 93.1 Å². The minimum atomic E-state index is -1.12. The summed E-state index contributed by atoms with van der Waals surface area (Å²) < 4.78 is 28.0. The van der Waals surface area contributed by atoms with Crippen LogP contribution in [0.3, 0.4) is 0 Å². The van der Waals surface area contributed by atoms with Crippen LogP contribution < -0.4 is 0 Å². The van der Waals surface area contributed by atoms with Crippen molar-refractivity contribution in [3.8, 4) is 0 Å². The first kappa shape index (κ1) is 23.7. The Hall–Kier alpha value is -0.960. The van der Waals surface area contributed by atoms with Crippen molar-refractivity contribution in [2.75, 3.05) is 0 Å². The van der Waals surface area contributed by atoms with Gasteiger partial charge in [0.15, 0.2) is 0 Å². The maximum atomic E-state index is 14.1. The van der Waals surface area contributed by atoms with Gasteiger partial charge in [0.05, 0.1) is 6.10 Å². The predicted octanol–water partition coefficient (Wildman–Crippen LogP) is 7.66. The fourth-order valence-corrected chi connectivity index (χ4v) is 6.69. The predicted molar refractivity (Wildman–Crippen MR) is 122 cm³/mol. The molecule has 30 heavy (non-hydrogen) atoms. The number of hydrogen-bond acceptors (Lipinski definition) is 1. The number of fused-ring (bicyclic) bond motifs is 1. The Balaban J connectivity index is 1.70. The molecule has 0 amide bonds. The molecule has 3 aliphatic rings. The van der Waals surface area contributed by atoms with Gasteiger partial charge >= 0.3 is 0 Å². The van der Waals surface area contributed by atoms with Crippen molar-refractivity contribution in [2.24, 2.45) is 23.2 Å². The first-order valence-corrected chi connectivity index (χ1v) is 12.1. The van der Waals surface area contributed by atoms with Crippen molar-refractivity contribution in [1.82, 2.24) is 0 Å². The van der Waals surface area contributed by atoms with Crippen molar-refractivity contribution in [1.29, 1.82) is 0 Å². The molecule has 1 N–H and O–H groups in total. The summed E-state index contributed by atoms with van der Waals surface area (Å²) in [4.78, 5) is 0. The van der Waals surface area contributed by atoms with Gasteiger partial charge in [0.25, 0.3) is 0 Å². The molecule has 6 atom stereocenters. The van der Waals surface area contributed by atoms with Crippen LogP contribution in [0.15, 0.2) is 35.5 Å². The van der Waals surface area contributed by atoms with Gasteiger partial charge in [-0.2, -0.15) is 0 Å². The van der Waals surface area contributed by atoms with Crippen molar-refractivity contribution in [3.05, 3.63) is 35.5 Å². The highest BCUT2D eigenvalue weighted by molar-refractivity contribution is 5.38. The summed E-state index contributed by atoms with van der Waals surface area (Å²) in [5.41, 5.74) is 2.17. The Bertz CT molecular complexity index is 685. The van der Waals surface area contributed by atoms with E-state index in [9.17, 15) is 13.9 Å². The maximum absolute atomic E-state index is 14.1. The summed E-state index contributed by atoms with van der Waals surface area (Å²) in [6.07, 6.45) is 12.0. The molecule has 0 saturated heterocycles. The lowest BCUT2D eigenvalue weighted by Crippen LogP contribution is -2.36. The second kappa shape index (κ2) is 9.27. The lowest BCUT2D eigenvalue weighted by Gasteiger charge is -2.44. The standard InChI is InChI=1S/C27H42F2O/c1-18(8-6-14-26(3,4)29)23-12-13-24-20(9-7-15-27(23,24)5)10-11-21-16-22(30)17-25(28)19(21)2/h10-11,18,22-25,30H,2,6-9,12-17H2,1,3-5H3/b20-10?,21-11-/t18-,22-,23-,24?,25?,27-/m1/s1. The Labute approximate surface area is 182 Å². The molecule has 3 saturated carbocycles. The van der Waals surface area contributed by atoms with E-state index >= 15 is 0 Å². The molecule has 3 fully saturated rings. The van der Waals surface area contributed by atoms with E-state index in [2.05, 4.69) is 26.5 Å². The van der Waals surface area contributed by atoms with Gasteiger partial charge in [-0.1, -0.05) is 51.0 Å². The molecule has 3 heteroatoms. The highest BCUT2D eigenvalue weighted by Crippen LogP contribution is 2.60. The number of halogens is 2. The summed E-state index contributed by atoms with van der Waals surface area (Å²) in [5.74, 6) is 1.92. The average Bonchev–Trinajstić information content (AvgIpc) is 3.00. The van der Waals surface area contributed by atoms with E-state index in [0.29, 0.717) is 41.6 Å². The highest BCUT2D eigenvalue weighted by Gasteiger charge is 2.50. The quantitative estimate of drug-likeness (QED) is 0.467. The van der Waals surface area contributed by atoms with Crippen molar-refractivity contribution < 1.29 is 13.9 Å². The van der Waals surface area contributed by atoms with E-state index < -0.39 is 17.9 Å². The third kappa shape index (κ3) is 5.26. The Morgan fingerprint density at radius 2 is 2.03 bits per heavy atom. The number of aliphatic hydroxyl groups excluding tert-OH is 1. The second-order valence-corrected chi connectivity index (χ2v) is 11.2. The van der Waals surface area contributed by atoms with Crippen LogP contribution >= 0.6 is 0 Å². The molecule has 1 nitrogen and oxygen atoms in total. The minimum absolute atomic E-state index is 0.173. The van der Waals surface area contributed by atoms with Gasteiger partial charge in [-0.15, -0.1) is 0 Å². The lowest BCUT2D eigenvalue weighted by molar-refractivity contribution is 0.0903. The van der Waals surface area contributed by atoms with Crippen LogP contribution in [0.4, 0.5) is 8.78 Å². The number of hydrogen-bond donors (Lipinski definition) is 1. The monoisotopic (exact) mass is 420 g/mol. The zero-order chi connectivity index (χ0) is 22.1. The molecule has 0 spiro atoms. The Kier molecular flexibility index (Phi) is 7.32. The molecule has 0 aromatic rings. The number of aliphatic hydroxyl groups is 1. The topological polar surface area (TPSA) is 20.2 Å². The van der Waals surface area contributed by atoms with Crippen LogP contribution in [0, 0.1) is 23.2 Å². The summed E-state index contributed by atoms with van der Waals surface area (Å²) in [5, 5.41) is 9.95. The van der Waals surface area contributed by atoms with Crippen molar-refractivity contribution in [2.45, 2.75) is 110 Å². The van der Waals surface area contributed by atoms with Gasteiger partial charge in [0.1, 0.15) is 11.8 Å². The van der Waals surface area contributed by atoms with E-state index in [1.807, 2.05) is 6.08 Å². The molecule has 0 aromatic carbocycles. The van der Waals surface area contributed by atoms with Crippen LogP contribution in [-0.4, -0.2) is 23.1 Å². The molecule has 170 valence electrons. The molecule has 0 aromatic heterocycles. The summed E-state index contributed by atoms with van der Waals surface area (Å²) >= 11 is 0. The largest absolute Gasteiger partial charge is 0.393 e. The molecule has 0 radical (unpaired) electrons. The second-order valence-electron chi connectivity index (χ2n) is 11.2. The van der Waals surface area contributed by atoms with Gasteiger partial charge in [-0.25, -0.2) is 8.78 Å². The molecular formula is C27H42F2O. The normalized spacial score (nSPS) is 38.8. The fourth-order valence-electron chi connectivity index (χ4n) is 6.69. The van der Waals surface area contributed by atoms with Gasteiger partial charge in [-0.3, -0.25) is 0 Å². The maximum Gasteiger partial charge on any atom is 0.127 e. The van der Waals surface area contributed by atoms with E-state index in [-0.39, 0.29) is 6.42 Å². The molecular weight excluding hydrogens is 378 g/mol. The zero-order valence-corrected chi connectivity index (χ0v) is 19.5. The molecule has 0 bridgehead atoms. The van der Waals surface area contributed by atoms with Crippen molar-refractivity contribution in [3.63, 3.8) is 0 Å². The van der Waals surface area contributed by atoms with Crippen LogP contribution in [0.25, 0.3) is 0 Å². The van der Waals surface area contributed by atoms with Gasteiger partial charge < -0.3 is 5.11 Å². The van der Waals surface area contributed by atoms with Crippen LogP contribution in [0.1, 0.15) is 91.9 Å². The highest BCUT2D eigenvalue weighted by atomic mass is 19.1. The van der Waals surface area contributed by atoms with E-state index in [4.69, 9.17) is 0 Å². The third-order valence-corrected chi connectivity index (χ3v) is 8.38. The summed E-state index contributed by atoms with van der Waals surface area (Å²) in [6.45, 7) is 12.1. The van der Waals surface area contributed by atoms with Gasteiger partial charge in [0, 0.05) is 6.42 Å². The minimum Gasteiger partial charge on any atom is -0.393 e. The Morgan fingerprint density at radius 3 is 2.73 bits per heavy atom. The van der Waals surface area contributed by atoms with Gasteiger partial charge in [0.2, 0.25) is 0 Å². The van der Waals surface area contributed by atoms with Crippen LogP contribution in [0.2, 0.25) is 0 Å². The first-order valence-electron chi connectivity index (χ1n) is 12.1. The van der Waals surface area contributed by atoms with Crippen LogP contribution in [-0.2, 0) is 0 Å². The lowest BCUT2D eigenvalue weighted by atomic mass is 9.60. The average molecular weight is 421 g/mol. The Morgan fingerprint density at radius 1 is 1.30 bits per heavy atom. The number of rotatable bonds is 6. The smallest absolute Gasteiger partial charge is 0.127 e. The number of allylic oxidation sites excluding steroid dienone is 4. The molecule has 0 heterocycles. The SMILES string of the molecule is C=C1/C(=C\C=C2CCC[C@@]3(C)C2CC[C@@H]3[C@H](C)CCCC(C)(C)F)C[C@@H](O)CC1F. The molecule has 3 rings (SSSR count). The van der Waals surface area contributed by atoms with E-state index in [1.54, 1.807) is 13.8 Å².